The van der Waals surface area contributed by atoms with Crippen LogP contribution in [-0.2, 0) is 0 Å². The lowest BCUT2D eigenvalue weighted by Gasteiger charge is -2.32. The summed E-state index contributed by atoms with van der Waals surface area (Å²) in [5, 5.41) is 0. The minimum atomic E-state index is 0.717. The highest BCUT2D eigenvalue weighted by Gasteiger charge is 2.18. The van der Waals surface area contributed by atoms with Gasteiger partial charge in [-0.15, -0.1) is 11.6 Å². The van der Waals surface area contributed by atoms with E-state index in [0.717, 1.165) is 24.9 Å². The second-order valence-corrected chi connectivity index (χ2v) is 4.10. The quantitative estimate of drug-likeness (QED) is 0.698. The van der Waals surface area contributed by atoms with Crippen molar-refractivity contribution in [3.63, 3.8) is 0 Å². The molecule has 0 aliphatic carbocycles. The number of halogens is 1. The van der Waals surface area contributed by atoms with Gasteiger partial charge in [0.25, 0.3) is 0 Å². The van der Waals surface area contributed by atoms with Crippen molar-refractivity contribution >= 4 is 17.3 Å². The first kappa shape index (κ1) is 9.78. The molecule has 3 heteroatoms. The van der Waals surface area contributed by atoms with Gasteiger partial charge in [0.15, 0.2) is 0 Å². The monoisotopic (exact) mass is 210 g/mol. The van der Waals surface area contributed by atoms with Crippen LogP contribution in [0.5, 0.6) is 0 Å². The van der Waals surface area contributed by atoms with Gasteiger partial charge in [0.05, 0.1) is 0 Å². The van der Waals surface area contributed by atoms with E-state index in [4.69, 9.17) is 11.6 Å². The molecule has 0 saturated carbocycles. The number of pyridine rings is 1. The van der Waals surface area contributed by atoms with E-state index in [1.165, 1.54) is 18.5 Å². The normalized spacial score (nSPS) is 18.5. The van der Waals surface area contributed by atoms with Crippen LogP contribution in [0.1, 0.15) is 12.8 Å². The van der Waals surface area contributed by atoms with Crippen molar-refractivity contribution in [2.24, 2.45) is 5.92 Å². The minimum Gasteiger partial charge on any atom is -0.371 e. The van der Waals surface area contributed by atoms with Crippen LogP contribution >= 0.6 is 11.6 Å². The van der Waals surface area contributed by atoms with Crippen molar-refractivity contribution in [2.45, 2.75) is 12.8 Å². The molecule has 0 unspecified atom stereocenters. The van der Waals surface area contributed by atoms with E-state index < -0.39 is 0 Å². The summed E-state index contributed by atoms with van der Waals surface area (Å²) in [6.07, 6.45) is 6.13. The van der Waals surface area contributed by atoms with Crippen molar-refractivity contribution in [3.05, 3.63) is 24.5 Å². The van der Waals surface area contributed by atoms with Gasteiger partial charge in [-0.2, -0.15) is 0 Å². The average molecular weight is 211 g/mol. The van der Waals surface area contributed by atoms with E-state index in [0.29, 0.717) is 0 Å². The highest BCUT2D eigenvalue weighted by Crippen LogP contribution is 2.22. The third kappa shape index (κ3) is 2.18. The van der Waals surface area contributed by atoms with Gasteiger partial charge < -0.3 is 4.90 Å². The van der Waals surface area contributed by atoms with E-state index in [1.54, 1.807) is 0 Å². The molecule has 1 aromatic rings. The summed E-state index contributed by atoms with van der Waals surface area (Å²) in [5.74, 6) is 1.53. The molecule has 1 aliphatic rings. The van der Waals surface area contributed by atoms with Crippen molar-refractivity contribution in [1.29, 1.82) is 0 Å². The van der Waals surface area contributed by atoms with Gasteiger partial charge in [0.1, 0.15) is 0 Å². The molecule has 0 spiro atoms. The average Bonchev–Trinajstić information content (AvgIpc) is 2.30. The Morgan fingerprint density at radius 1 is 1.29 bits per heavy atom. The predicted octanol–water partition coefficient (Wildman–Crippen LogP) is 2.54. The molecule has 2 rings (SSSR count). The zero-order valence-corrected chi connectivity index (χ0v) is 8.95. The van der Waals surface area contributed by atoms with Gasteiger partial charge in [0.2, 0.25) is 0 Å². The van der Waals surface area contributed by atoms with Crippen LogP contribution in [0.2, 0.25) is 0 Å². The zero-order valence-electron chi connectivity index (χ0n) is 8.19. The van der Waals surface area contributed by atoms with E-state index in [9.17, 15) is 0 Å². The van der Waals surface area contributed by atoms with Crippen molar-refractivity contribution in [3.8, 4) is 0 Å². The Bertz CT molecular complexity index is 268. The number of hydrogen-bond donors (Lipinski definition) is 0. The predicted molar refractivity (Wildman–Crippen MR) is 59.9 cm³/mol. The largest absolute Gasteiger partial charge is 0.371 e. The molecule has 0 radical (unpaired) electrons. The highest BCUT2D eigenvalue weighted by atomic mass is 35.5. The molecule has 0 bridgehead atoms. The molecule has 2 nitrogen and oxygen atoms in total. The van der Waals surface area contributed by atoms with Gasteiger partial charge in [-0.1, -0.05) is 0 Å². The van der Waals surface area contributed by atoms with E-state index in [1.807, 2.05) is 12.4 Å². The Hall–Kier alpha value is -0.760. The summed E-state index contributed by atoms with van der Waals surface area (Å²) >= 11 is 5.85. The van der Waals surface area contributed by atoms with Crippen molar-refractivity contribution in [1.82, 2.24) is 4.98 Å². The molecule has 76 valence electrons. The Balaban J connectivity index is 1.96. The summed E-state index contributed by atoms with van der Waals surface area (Å²) in [6.45, 7) is 2.25. The van der Waals surface area contributed by atoms with Gasteiger partial charge >= 0.3 is 0 Å². The Labute approximate surface area is 89.9 Å². The number of hydrogen-bond acceptors (Lipinski definition) is 2. The van der Waals surface area contributed by atoms with Crippen LogP contribution in [0.4, 0.5) is 5.69 Å². The van der Waals surface area contributed by atoms with Crippen LogP contribution in [0, 0.1) is 5.92 Å². The number of alkyl halides is 1. The lowest BCUT2D eigenvalue weighted by Crippen LogP contribution is -2.34. The molecule has 0 N–H and O–H groups in total. The molecule has 0 amide bonds. The van der Waals surface area contributed by atoms with Crippen LogP contribution in [0.25, 0.3) is 0 Å². The number of piperidine rings is 1. The molecular formula is C11H15ClN2. The second kappa shape index (κ2) is 4.65. The van der Waals surface area contributed by atoms with E-state index >= 15 is 0 Å². The van der Waals surface area contributed by atoms with Crippen LogP contribution in [-0.4, -0.2) is 24.0 Å². The SMILES string of the molecule is ClCC1CCN(c2ccncc2)CC1. The second-order valence-electron chi connectivity index (χ2n) is 3.79. The molecular weight excluding hydrogens is 196 g/mol. The summed E-state index contributed by atoms with van der Waals surface area (Å²) in [6, 6.07) is 4.14. The molecule has 14 heavy (non-hydrogen) atoms. The van der Waals surface area contributed by atoms with Crippen LogP contribution < -0.4 is 4.90 Å². The maximum Gasteiger partial charge on any atom is 0.0397 e. The maximum atomic E-state index is 5.85. The topological polar surface area (TPSA) is 16.1 Å². The first-order valence-corrected chi connectivity index (χ1v) is 5.64. The fraction of sp³-hybridized carbons (Fsp3) is 0.545. The molecule has 1 aromatic heterocycles. The number of nitrogens with zero attached hydrogens (tertiary/aromatic N) is 2. The first-order valence-electron chi connectivity index (χ1n) is 5.11. The Kier molecular flexibility index (Phi) is 3.25. The van der Waals surface area contributed by atoms with Crippen molar-refractivity contribution < 1.29 is 0 Å². The molecule has 0 atom stereocenters. The van der Waals surface area contributed by atoms with Gasteiger partial charge in [-0.05, 0) is 30.9 Å². The summed E-state index contributed by atoms with van der Waals surface area (Å²) < 4.78 is 0. The molecule has 1 saturated heterocycles. The first-order chi connectivity index (χ1) is 6.90. The van der Waals surface area contributed by atoms with Gasteiger partial charge in [0, 0.05) is 37.1 Å². The maximum absolute atomic E-state index is 5.85. The fourth-order valence-electron chi connectivity index (χ4n) is 1.90. The molecule has 1 aliphatic heterocycles. The van der Waals surface area contributed by atoms with Gasteiger partial charge in [-0.3, -0.25) is 4.98 Å². The Morgan fingerprint density at radius 3 is 2.50 bits per heavy atom. The lowest BCUT2D eigenvalue weighted by molar-refractivity contribution is 0.443. The molecule has 1 fully saturated rings. The standard InChI is InChI=1S/C11H15ClN2/c12-9-10-3-7-14(8-4-10)11-1-5-13-6-2-11/h1-2,5-6,10H,3-4,7-9H2. The van der Waals surface area contributed by atoms with Crippen LogP contribution in [0.15, 0.2) is 24.5 Å². The highest BCUT2D eigenvalue weighted by molar-refractivity contribution is 6.18. The Morgan fingerprint density at radius 2 is 1.93 bits per heavy atom. The fourth-order valence-corrected chi connectivity index (χ4v) is 2.21. The summed E-state index contributed by atoms with van der Waals surface area (Å²) in [5.41, 5.74) is 1.29. The number of rotatable bonds is 2. The molecule has 2 heterocycles. The summed E-state index contributed by atoms with van der Waals surface area (Å²) in [7, 11) is 0. The minimum absolute atomic E-state index is 0.717. The van der Waals surface area contributed by atoms with Crippen molar-refractivity contribution in [2.75, 3.05) is 23.9 Å². The molecule has 0 aromatic carbocycles. The third-order valence-electron chi connectivity index (χ3n) is 2.86. The van der Waals surface area contributed by atoms with Gasteiger partial charge in [-0.25, -0.2) is 0 Å². The van der Waals surface area contributed by atoms with E-state index in [-0.39, 0.29) is 0 Å². The smallest absolute Gasteiger partial charge is 0.0397 e. The summed E-state index contributed by atoms with van der Waals surface area (Å²) in [4.78, 5) is 6.43. The van der Waals surface area contributed by atoms with E-state index in [2.05, 4.69) is 22.0 Å². The zero-order chi connectivity index (χ0) is 9.80. The van der Waals surface area contributed by atoms with Crippen LogP contribution in [0.3, 0.4) is 0 Å². The third-order valence-corrected chi connectivity index (χ3v) is 3.30. The lowest BCUT2D eigenvalue weighted by atomic mass is 9.99. The number of anilines is 1. The number of aromatic nitrogens is 1.